The van der Waals surface area contributed by atoms with Gasteiger partial charge in [0, 0.05) is 54.9 Å². The highest BCUT2D eigenvalue weighted by Crippen LogP contribution is 2.56. The summed E-state index contributed by atoms with van der Waals surface area (Å²) in [6.07, 6.45) is 0. The van der Waals surface area contributed by atoms with E-state index in [1.165, 1.54) is 0 Å². The molecule has 2 aliphatic rings. The van der Waals surface area contributed by atoms with E-state index in [0.717, 1.165) is 33.4 Å². The van der Waals surface area contributed by atoms with Gasteiger partial charge in [0.1, 0.15) is 22.6 Å². The van der Waals surface area contributed by atoms with E-state index >= 15 is 0 Å². The van der Waals surface area contributed by atoms with Gasteiger partial charge < -0.3 is 30.4 Å². The number of benzene rings is 8. The molecule has 76 heavy (non-hydrogen) atoms. The average molecular weight is 995 g/mol. The molecular weight excluding hydrogens is 961 g/mol. The van der Waals surface area contributed by atoms with Crippen LogP contribution in [0.5, 0.6) is 0 Å². The van der Waals surface area contributed by atoms with Crippen molar-refractivity contribution in [3.05, 3.63) is 192 Å². The predicted molar refractivity (Wildman–Crippen MR) is 286 cm³/mol. The summed E-state index contributed by atoms with van der Waals surface area (Å²) in [4.78, 5) is 91.0. The number of nitrogens with one attached hydrogen (secondary N) is 2. The Morgan fingerprint density at radius 1 is 0.289 bits per heavy atom. The first-order valence-corrected chi connectivity index (χ1v) is 23.7. The number of carbonyl (C=O) groups is 4. The highest BCUT2D eigenvalue weighted by Gasteiger charge is 2.38. The second-order valence-corrected chi connectivity index (χ2v) is 17.9. The van der Waals surface area contributed by atoms with Crippen LogP contribution in [-0.2, 0) is 0 Å². The number of aromatic carboxylic acids is 4. The number of carboxylic acids is 4. The largest absolute Gasteiger partial charge is 0.478 e. The van der Waals surface area contributed by atoms with E-state index in [-0.39, 0.29) is 28.9 Å². The number of rotatable bonds is 8. The Morgan fingerprint density at radius 2 is 0.566 bits per heavy atom. The minimum Gasteiger partial charge on any atom is -0.478 e. The smallest absolute Gasteiger partial charge is 0.337 e. The van der Waals surface area contributed by atoms with Crippen molar-refractivity contribution in [2.45, 2.75) is 0 Å². The molecule has 5 heterocycles. The molecule has 8 aromatic carbocycles. The van der Waals surface area contributed by atoms with E-state index in [1.54, 1.807) is 24.3 Å². The molecule has 0 fully saturated rings. The molecule has 16 heteroatoms. The van der Waals surface area contributed by atoms with Gasteiger partial charge in [0.05, 0.1) is 22.3 Å². The van der Waals surface area contributed by atoms with Gasteiger partial charge in [-0.1, -0.05) is 170 Å². The first-order chi connectivity index (χ1) is 37.0. The van der Waals surface area contributed by atoms with E-state index in [2.05, 4.69) is 9.97 Å². The third-order valence-corrected chi connectivity index (χ3v) is 13.6. The van der Waals surface area contributed by atoms with Crippen molar-refractivity contribution in [3.63, 3.8) is 0 Å². The van der Waals surface area contributed by atoms with Gasteiger partial charge in [-0.15, -0.1) is 0 Å². The normalized spacial score (nSPS) is 11.6. The summed E-state index contributed by atoms with van der Waals surface area (Å²) in [5.41, 5.74) is 3.37. The molecule has 3 aromatic heterocycles. The molecule has 0 radical (unpaired) electrons. The first-order valence-electron chi connectivity index (χ1n) is 23.7. The summed E-state index contributed by atoms with van der Waals surface area (Å²) < 4.78 is 0. The second-order valence-electron chi connectivity index (χ2n) is 17.9. The minimum atomic E-state index is -2.01. The summed E-state index contributed by atoms with van der Waals surface area (Å²) in [5.74, 6) is -7.46. The monoisotopic (exact) mass is 994 g/mol. The molecule has 8 bridgehead atoms. The van der Waals surface area contributed by atoms with Crippen molar-refractivity contribution in [2.24, 2.45) is 0 Å². The van der Waals surface area contributed by atoms with E-state index in [9.17, 15) is 39.6 Å². The van der Waals surface area contributed by atoms with Crippen LogP contribution in [-0.4, -0.2) is 84.2 Å². The van der Waals surface area contributed by atoms with Crippen molar-refractivity contribution in [2.75, 3.05) is 0 Å². The summed E-state index contributed by atoms with van der Waals surface area (Å²) in [6.45, 7) is 0. The number of fused-ring (bicyclic) bond motifs is 20. The number of hydrogen-bond donors (Lipinski definition) is 6. The van der Waals surface area contributed by atoms with Crippen molar-refractivity contribution in [1.29, 1.82) is 0 Å². The zero-order chi connectivity index (χ0) is 51.9. The van der Waals surface area contributed by atoms with E-state index in [0.29, 0.717) is 55.4 Å². The minimum absolute atomic E-state index is 0.0108. The molecule has 0 aliphatic carbocycles. The summed E-state index contributed by atoms with van der Waals surface area (Å²) >= 11 is 0. The standard InChI is InChI=1S/C60H34N8O8/c69-57(70)45-43-44(46(58(71)72)48(60(75)76)47(45)59(73)74)56-67-54-42-40(32-23-11-4-12-24-32)38(30-19-7-2-8-20-30)37(29-17-5-1-6-18-29)39(31-21-9-3-10-22-31)41(42)53(66-54)64-51-35-27-15-13-25-33(35)49(62-51)61-50-34-26-14-16-28-36(34)52(63-50)65-55(43)68-56/h1-28H,(H,69,70)(H,71,72)(H,73,74)(H,75,76)(H2,61,62,63,64,65,66,67,68). The molecule has 16 nitrogen and oxygen atoms in total. The lowest BCUT2D eigenvalue weighted by molar-refractivity contribution is 0.0622. The van der Waals surface area contributed by atoms with Gasteiger partial charge >= 0.3 is 23.9 Å². The zero-order valence-corrected chi connectivity index (χ0v) is 39.3. The maximum absolute atomic E-state index is 13.7. The van der Waals surface area contributed by atoms with Crippen LogP contribution < -0.4 is 0 Å². The van der Waals surface area contributed by atoms with Crippen LogP contribution in [0.3, 0.4) is 0 Å². The summed E-state index contributed by atoms with van der Waals surface area (Å²) in [5, 5.41) is 43.8. The number of carboxylic acid groups (broad SMARTS) is 4. The van der Waals surface area contributed by atoms with Gasteiger partial charge in [-0.25, -0.2) is 49.1 Å². The topological polar surface area (TPSA) is 258 Å². The maximum atomic E-state index is 13.7. The number of nitrogens with zero attached hydrogens (tertiary/aromatic N) is 6. The van der Waals surface area contributed by atoms with Crippen LogP contribution >= 0.6 is 0 Å². The molecule has 2 aliphatic heterocycles. The van der Waals surface area contributed by atoms with Crippen LogP contribution in [0.1, 0.15) is 41.4 Å². The molecule has 362 valence electrons. The van der Waals surface area contributed by atoms with Crippen LogP contribution in [0, 0.1) is 0 Å². The highest BCUT2D eigenvalue weighted by molar-refractivity contribution is 6.29. The second kappa shape index (κ2) is 17.3. The van der Waals surface area contributed by atoms with Gasteiger partial charge in [-0.2, -0.15) is 0 Å². The summed E-state index contributed by atoms with van der Waals surface area (Å²) in [6, 6.07) is 53.6. The third-order valence-electron chi connectivity index (χ3n) is 13.6. The Balaban J connectivity index is 1.35. The molecule has 0 saturated carbocycles. The molecule has 13 rings (SSSR count). The van der Waals surface area contributed by atoms with Crippen LogP contribution in [0.4, 0.5) is 0 Å². The fraction of sp³-hybridized carbons (Fsp3) is 0. The maximum Gasteiger partial charge on any atom is 0.337 e. The first kappa shape index (κ1) is 44.9. The fourth-order valence-electron chi connectivity index (χ4n) is 10.6. The molecular formula is C60H34N8O8. The Hall–Kier alpha value is -11.0. The van der Waals surface area contributed by atoms with Crippen molar-refractivity contribution >= 4 is 68.0 Å². The molecule has 0 unspecified atom stereocenters. The predicted octanol–water partition coefficient (Wildman–Crippen LogP) is 12.3. The Labute approximate surface area is 428 Å². The number of aromatic amines is 2. The van der Waals surface area contributed by atoms with Crippen molar-refractivity contribution < 1.29 is 39.6 Å². The zero-order valence-electron chi connectivity index (χ0n) is 39.3. The highest BCUT2D eigenvalue weighted by atomic mass is 16.4. The molecule has 11 aromatic rings. The number of aromatic nitrogens is 8. The summed E-state index contributed by atoms with van der Waals surface area (Å²) in [7, 11) is 0. The van der Waals surface area contributed by atoms with Crippen LogP contribution in [0.15, 0.2) is 170 Å². The molecule has 0 atom stereocenters. The van der Waals surface area contributed by atoms with E-state index in [4.69, 9.17) is 29.9 Å². The Morgan fingerprint density at radius 3 is 0.934 bits per heavy atom. The lowest BCUT2D eigenvalue weighted by atomic mass is 9.77. The van der Waals surface area contributed by atoms with Gasteiger partial charge in [-0.05, 0) is 33.4 Å². The number of H-pyrrole nitrogens is 2. The SMILES string of the molecule is O=C(O)c1c(C(=O)O)c(C(=O)O)c2c3nc4nc(nc5[nH]c(nc6nc(nc([nH]3)c2c1C(=O)O)-c1ccccc1-6)c1ccccc51)-c1c(-c2ccccc2)c(-c2ccccc2)c(-c2ccccc2)c(-c2ccccc2)c1-4. The van der Waals surface area contributed by atoms with Crippen LogP contribution in [0.2, 0.25) is 0 Å². The van der Waals surface area contributed by atoms with E-state index < -0.39 is 62.6 Å². The molecule has 0 saturated heterocycles. The lowest BCUT2D eigenvalue weighted by Crippen LogP contribution is -2.20. The fourth-order valence-corrected chi connectivity index (χ4v) is 10.6. The van der Waals surface area contributed by atoms with Gasteiger partial charge in [-0.3, -0.25) is 0 Å². The van der Waals surface area contributed by atoms with Gasteiger partial charge in [0.25, 0.3) is 0 Å². The molecule has 0 amide bonds. The third kappa shape index (κ3) is 6.93. The average Bonchev–Trinajstić information content (AvgIpc) is 4.18. The Bertz CT molecular complexity index is 4520. The van der Waals surface area contributed by atoms with Gasteiger partial charge in [0.15, 0.2) is 23.3 Å². The molecule has 0 spiro atoms. The van der Waals surface area contributed by atoms with E-state index in [1.807, 2.05) is 146 Å². The lowest BCUT2D eigenvalue weighted by Gasteiger charge is -2.25. The molecule has 6 N–H and O–H groups in total. The quantitative estimate of drug-likeness (QED) is 0.0828. The number of hydrogen-bond acceptors (Lipinski definition) is 10. The van der Waals surface area contributed by atoms with Crippen molar-refractivity contribution in [1.82, 2.24) is 39.9 Å². The Kier molecular flexibility index (Phi) is 10.3. The van der Waals surface area contributed by atoms with Crippen LogP contribution in [0.25, 0.3) is 134 Å². The van der Waals surface area contributed by atoms with Gasteiger partial charge in [0.2, 0.25) is 0 Å². The van der Waals surface area contributed by atoms with Crippen molar-refractivity contribution in [3.8, 4) is 90.1 Å².